The second-order valence-electron chi connectivity index (χ2n) is 3.24. The van der Waals surface area contributed by atoms with Crippen LogP contribution in [0.25, 0.3) is 0 Å². The highest BCUT2D eigenvalue weighted by molar-refractivity contribution is 7.12. The van der Waals surface area contributed by atoms with Gasteiger partial charge in [0.05, 0.1) is 5.92 Å². The number of aliphatic carboxylic acids is 1. The summed E-state index contributed by atoms with van der Waals surface area (Å²) in [6.07, 6.45) is 0.829. The molecule has 0 amide bonds. The van der Waals surface area contributed by atoms with Crippen molar-refractivity contribution in [3.63, 3.8) is 0 Å². The van der Waals surface area contributed by atoms with Gasteiger partial charge in [-0.15, -0.1) is 11.3 Å². The van der Waals surface area contributed by atoms with Crippen LogP contribution in [0.2, 0.25) is 0 Å². The van der Waals surface area contributed by atoms with Crippen LogP contribution in [0.1, 0.15) is 22.1 Å². The second-order valence-corrected chi connectivity index (χ2v) is 4.55. The number of carboxylic acids is 1. The van der Waals surface area contributed by atoms with Crippen molar-refractivity contribution < 1.29 is 9.90 Å². The van der Waals surface area contributed by atoms with Gasteiger partial charge >= 0.3 is 5.97 Å². The smallest absolute Gasteiger partial charge is 0.307 e. The molecule has 1 heterocycles. The number of hydrogen-bond donors (Lipinski definition) is 1. The van der Waals surface area contributed by atoms with E-state index >= 15 is 0 Å². The topological polar surface area (TPSA) is 37.3 Å². The van der Waals surface area contributed by atoms with Crippen molar-refractivity contribution >= 4 is 17.3 Å². The van der Waals surface area contributed by atoms with Crippen LogP contribution in [-0.4, -0.2) is 11.1 Å². The molecule has 1 aromatic heterocycles. The van der Waals surface area contributed by atoms with E-state index in [0.717, 1.165) is 6.42 Å². The molecule has 12 heavy (non-hydrogen) atoms. The van der Waals surface area contributed by atoms with Crippen LogP contribution < -0.4 is 0 Å². The largest absolute Gasteiger partial charge is 0.481 e. The van der Waals surface area contributed by atoms with Crippen molar-refractivity contribution in [3.05, 3.63) is 21.9 Å². The number of aryl methyl sites for hydroxylation is 1. The summed E-state index contributed by atoms with van der Waals surface area (Å²) >= 11 is 1.72. The lowest BCUT2D eigenvalue weighted by molar-refractivity contribution is -0.138. The lowest BCUT2D eigenvalue weighted by Crippen LogP contribution is -1.97. The molecule has 0 radical (unpaired) electrons. The maximum Gasteiger partial charge on any atom is 0.307 e. The SMILES string of the molecule is Cc1ccc([C@H]2C[C@H]2C(=O)O)s1. The molecule has 1 saturated carbocycles. The highest BCUT2D eigenvalue weighted by Gasteiger charge is 2.44. The minimum absolute atomic E-state index is 0.108. The second kappa shape index (κ2) is 2.59. The Morgan fingerprint density at radius 2 is 2.42 bits per heavy atom. The predicted octanol–water partition coefficient (Wildman–Crippen LogP) is 2.24. The Morgan fingerprint density at radius 3 is 2.83 bits per heavy atom. The first kappa shape index (κ1) is 7.80. The van der Waals surface area contributed by atoms with Gasteiger partial charge < -0.3 is 5.11 Å². The van der Waals surface area contributed by atoms with E-state index in [-0.39, 0.29) is 5.92 Å². The van der Waals surface area contributed by atoms with Gasteiger partial charge in [-0.1, -0.05) is 0 Å². The summed E-state index contributed by atoms with van der Waals surface area (Å²) in [5.41, 5.74) is 0. The first-order valence-corrected chi connectivity index (χ1v) is 4.79. The maximum atomic E-state index is 10.6. The molecule has 0 spiro atoms. The zero-order valence-corrected chi connectivity index (χ0v) is 7.60. The van der Waals surface area contributed by atoms with Crippen LogP contribution in [0.15, 0.2) is 12.1 Å². The van der Waals surface area contributed by atoms with Gasteiger partial charge in [-0.25, -0.2) is 0 Å². The maximum absolute atomic E-state index is 10.6. The Hall–Kier alpha value is -0.830. The molecule has 1 aliphatic rings. The van der Waals surface area contributed by atoms with Gasteiger partial charge in [0.1, 0.15) is 0 Å². The van der Waals surface area contributed by atoms with E-state index in [0.29, 0.717) is 5.92 Å². The zero-order valence-electron chi connectivity index (χ0n) is 6.78. The first-order chi connectivity index (χ1) is 5.68. The lowest BCUT2D eigenvalue weighted by atomic mass is 10.3. The Morgan fingerprint density at radius 1 is 1.67 bits per heavy atom. The molecular formula is C9H10O2S. The molecule has 3 heteroatoms. The van der Waals surface area contributed by atoms with Crippen molar-refractivity contribution in [3.8, 4) is 0 Å². The minimum Gasteiger partial charge on any atom is -0.481 e. The third-order valence-electron chi connectivity index (χ3n) is 2.23. The van der Waals surface area contributed by atoms with Crippen molar-refractivity contribution in [2.24, 2.45) is 5.92 Å². The molecule has 1 aromatic rings. The lowest BCUT2D eigenvalue weighted by Gasteiger charge is -1.89. The number of carboxylic acid groups (broad SMARTS) is 1. The molecule has 2 atom stereocenters. The Balaban J connectivity index is 2.10. The molecule has 1 N–H and O–H groups in total. The highest BCUT2D eigenvalue weighted by Crippen LogP contribution is 2.49. The number of hydrogen-bond acceptors (Lipinski definition) is 2. The molecule has 1 fully saturated rings. The minimum atomic E-state index is -0.647. The molecule has 0 bridgehead atoms. The molecule has 0 aromatic carbocycles. The fourth-order valence-electron chi connectivity index (χ4n) is 1.44. The van der Waals surface area contributed by atoms with Gasteiger partial charge in [0.15, 0.2) is 0 Å². The molecule has 64 valence electrons. The van der Waals surface area contributed by atoms with Crippen LogP contribution in [0.3, 0.4) is 0 Å². The van der Waals surface area contributed by atoms with E-state index in [4.69, 9.17) is 5.11 Å². The summed E-state index contributed by atoms with van der Waals surface area (Å²) in [5, 5.41) is 8.70. The fourth-order valence-corrected chi connectivity index (χ4v) is 2.49. The van der Waals surface area contributed by atoms with Crippen molar-refractivity contribution in [2.45, 2.75) is 19.3 Å². The molecular weight excluding hydrogens is 172 g/mol. The molecule has 0 saturated heterocycles. The predicted molar refractivity (Wildman–Crippen MR) is 47.5 cm³/mol. The van der Waals surface area contributed by atoms with Gasteiger partial charge in [0, 0.05) is 15.7 Å². The molecule has 1 aliphatic carbocycles. The monoisotopic (exact) mass is 182 g/mol. The molecule has 0 aliphatic heterocycles. The highest BCUT2D eigenvalue weighted by atomic mass is 32.1. The Labute approximate surface area is 74.8 Å². The van der Waals surface area contributed by atoms with Crippen LogP contribution in [0, 0.1) is 12.8 Å². The third kappa shape index (κ3) is 1.25. The molecule has 0 unspecified atom stereocenters. The van der Waals surface area contributed by atoms with Crippen molar-refractivity contribution in [1.29, 1.82) is 0 Å². The van der Waals surface area contributed by atoms with Crippen molar-refractivity contribution in [2.75, 3.05) is 0 Å². The number of rotatable bonds is 2. The van der Waals surface area contributed by atoms with Crippen LogP contribution in [0.4, 0.5) is 0 Å². The number of carbonyl (C=O) groups is 1. The summed E-state index contributed by atoms with van der Waals surface area (Å²) in [6.45, 7) is 2.05. The number of thiophene rings is 1. The average Bonchev–Trinajstić information content (AvgIpc) is 2.70. The van der Waals surface area contributed by atoms with E-state index < -0.39 is 5.97 Å². The van der Waals surface area contributed by atoms with E-state index in [1.54, 1.807) is 11.3 Å². The van der Waals surface area contributed by atoms with Crippen molar-refractivity contribution in [1.82, 2.24) is 0 Å². The van der Waals surface area contributed by atoms with Gasteiger partial charge in [0.2, 0.25) is 0 Å². The quantitative estimate of drug-likeness (QED) is 0.761. The standard InChI is InChI=1S/C9H10O2S/c1-5-2-3-8(12-5)6-4-7(6)9(10)11/h2-3,6-7H,4H2,1H3,(H,10,11)/t6-,7+/m0/s1. The van der Waals surface area contributed by atoms with Crippen LogP contribution in [-0.2, 0) is 4.79 Å². The van der Waals surface area contributed by atoms with E-state index in [2.05, 4.69) is 6.07 Å². The fraction of sp³-hybridized carbons (Fsp3) is 0.444. The van der Waals surface area contributed by atoms with Gasteiger partial charge in [-0.3, -0.25) is 4.79 Å². The Kier molecular flexibility index (Phi) is 1.68. The van der Waals surface area contributed by atoms with Gasteiger partial charge in [-0.2, -0.15) is 0 Å². The summed E-state index contributed by atoms with van der Waals surface area (Å²) < 4.78 is 0. The third-order valence-corrected chi connectivity index (χ3v) is 3.37. The molecule has 2 nitrogen and oxygen atoms in total. The first-order valence-electron chi connectivity index (χ1n) is 3.97. The molecule has 2 rings (SSSR count). The normalized spacial score (nSPS) is 27.1. The van der Waals surface area contributed by atoms with E-state index in [9.17, 15) is 4.79 Å². The summed E-state index contributed by atoms with van der Waals surface area (Å²) in [5.74, 6) is -0.449. The van der Waals surface area contributed by atoms with Crippen LogP contribution in [0.5, 0.6) is 0 Å². The summed E-state index contributed by atoms with van der Waals surface area (Å²) in [7, 11) is 0. The van der Waals surface area contributed by atoms with Crippen LogP contribution >= 0.6 is 11.3 Å². The van der Waals surface area contributed by atoms with Gasteiger partial charge in [0.25, 0.3) is 0 Å². The Bertz CT molecular complexity index is 316. The van der Waals surface area contributed by atoms with E-state index in [1.807, 2.05) is 13.0 Å². The average molecular weight is 182 g/mol. The summed E-state index contributed by atoms with van der Waals surface area (Å²) in [6, 6.07) is 4.10. The van der Waals surface area contributed by atoms with Gasteiger partial charge in [-0.05, 0) is 25.5 Å². The van der Waals surface area contributed by atoms with E-state index in [1.165, 1.54) is 9.75 Å². The summed E-state index contributed by atoms with van der Waals surface area (Å²) in [4.78, 5) is 13.1. The zero-order chi connectivity index (χ0) is 8.72.